The number of piperidine rings is 1. The van der Waals surface area contributed by atoms with Crippen molar-refractivity contribution in [1.29, 1.82) is 0 Å². The Morgan fingerprint density at radius 1 is 1.24 bits per heavy atom. The molecule has 1 aliphatic carbocycles. The maximum Gasteiger partial charge on any atom is 0.243 e. The lowest BCUT2D eigenvalue weighted by Crippen LogP contribution is -2.56. The Labute approximate surface area is 125 Å². The highest BCUT2D eigenvalue weighted by atomic mass is 32.2. The molecule has 0 bridgehead atoms. The van der Waals surface area contributed by atoms with E-state index in [1.807, 2.05) is 6.92 Å². The van der Waals surface area contributed by atoms with Crippen molar-refractivity contribution in [2.45, 2.75) is 42.8 Å². The molecule has 0 unspecified atom stereocenters. The minimum atomic E-state index is -3.68. The lowest BCUT2D eigenvalue weighted by molar-refractivity contribution is -0.0721. The van der Waals surface area contributed by atoms with Gasteiger partial charge in [0, 0.05) is 19.5 Å². The van der Waals surface area contributed by atoms with E-state index < -0.39 is 21.7 Å². The number of nitrogens with zero attached hydrogens (tertiary/aromatic N) is 1. The number of aliphatic hydroxyl groups is 2. The van der Waals surface area contributed by atoms with Gasteiger partial charge in [-0.15, -0.1) is 0 Å². The average molecular weight is 311 g/mol. The van der Waals surface area contributed by atoms with Crippen LogP contribution in [-0.2, 0) is 10.0 Å². The Bertz CT molecular complexity index is 624. The zero-order valence-corrected chi connectivity index (χ0v) is 12.9. The van der Waals surface area contributed by atoms with Gasteiger partial charge in [0.25, 0.3) is 0 Å². The number of hydrogen-bond acceptors (Lipinski definition) is 4. The third-order valence-electron chi connectivity index (χ3n) is 4.45. The Morgan fingerprint density at radius 2 is 1.86 bits per heavy atom. The molecule has 21 heavy (non-hydrogen) atoms. The molecule has 1 saturated carbocycles. The molecule has 0 amide bonds. The summed E-state index contributed by atoms with van der Waals surface area (Å²) in [6.45, 7) is 2.02. The van der Waals surface area contributed by atoms with Crippen LogP contribution in [0.5, 0.6) is 0 Å². The first-order valence-corrected chi connectivity index (χ1v) is 8.72. The van der Waals surface area contributed by atoms with Crippen LogP contribution in [0.4, 0.5) is 0 Å². The van der Waals surface area contributed by atoms with Crippen molar-refractivity contribution in [3.63, 3.8) is 0 Å². The molecule has 2 N–H and O–H groups in total. The van der Waals surface area contributed by atoms with Crippen LogP contribution in [0.2, 0.25) is 0 Å². The summed E-state index contributed by atoms with van der Waals surface area (Å²) in [6.07, 6.45) is 1.26. The topological polar surface area (TPSA) is 77.8 Å². The summed E-state index contributed by atoms with van der Waals surface area (Å²) in [4.78, 5) is 0.209. The summed E-state index contributed by atoms with van der Waals surface area (Å²) in [5, 5.41) is 20.6. The van der Waals surface area contributed by atoms with Crippen LogP contribution in [0, 0.1) is 12.8 Å². The van der Waals surface area contributed by atoms with Gasteiger partial charge in [0.05, 0.1) is 16.6 Å². The molecule has 0 radical (unpaired) electrons. The number of benzene rings is 1. The van der Waals surface area contributed by atoms with Crippen LogP contribution in [-0.4, -0.2) is 47.7 Å². The first-order valence-electron chi connectivity index (χ1n) is 7.28. The lowest BCUT2D eigenvalue weighted by atomic mass is 9.88. The van der Waals surface area contributed by atoms with Gasteiger partial charge >= 0.3 is 0 Å². The summed E-state index contributed by atoms with van der Waals surface area (Å²) in [6, 6.07) is 6.64. The third-order valence-corrected chi connectivity index (χ3v) is 6.28. The Balaban J connectivity index is 1.89. The smallest absolute Gasteiger partial charge is 0.243 e. The first kappa shape index (κ1) is 15.0. The molecule has 1 aromatic carbocycles. The van der Waals surface area contributed by atoms with Crippen molar-refractivity contribution in [2.75, 3.05) is 13.1 Å². The van der Waals surface area contributed by atoms with Gasteiger partial charge in [-0.05, 0) is 37.8 Å². The second-order valence-electron chi connectivity index (χ2n) is 6.35. The van der Waals surface area contributed by atoms with Crippen LogP contribution in [0.1, 0.15) is 24.8 Å². The number of aliphatic hydroxyl groups excluding tert-OH is 1. The van der Waals surface area contributed by atoms with E-state index in [-0.39, 0.29) is 30.3 Å². The molecule has 116 valence electrons. The average Bonchev–Trinajstić information content (AvgIpc) is 3.22. The molecule has 3 rings (SSSR count). The molecular weight excluding hydrogens is 290 g/mol. The number of sulfonamides is 1. The first-order chi connectivity index (χ1) is 9.81. The van der Waals surface area contributed by atoms with E-state index in [0.717, 1.165) is 18.4 Å². The van der Waals surface area contributed by atoms with Crippen LogP contribution in [0.15, 0.2) is 29.2 Å². The Hall–Kier alpha value is -0.950. The van der Waals surface area contributed by atoms with Gasteiger partial charge in [0.1, 0.15) is 0 Å². The van der Waals surface area contributed by atoms with Gasteiger partial charge in [-0.25, -0.2) is 8.42 Å². The van der Waals surface area contributed by atoms with Gasteiger partial charge in [-0.2, -0.15) is 4.31 Å². The van der Waals surface area contributed by atoms with E-state index in [9.17, 15) is 18.6 Å². The van der Waals surface area contributed by atoms with Crippen LogP contribution in [0.25, 0.3) is 0 Å². The molecule has 0 spiro atoms. The number of aryl methyl sites for hydroxylation is 1. The molecule has 5 nitrogen and oxygen atoms in total. The molecule has 6 heteroatoms. The van der Waals surface area contributed by atoms with E-state index >= 15 is 0 Å². The van der Waals surface area contributed by atoms with E-state index in [2.05, 4.69) is 0 Å². The van der Waals surface area contributed by atoms with Crippen LogP contribution >= 0.6 is 0 Å². The van der Waals surface area contributed by atoms with Crippen molar-refractivity contribution in [3.8, 4) is 0 Å². The molecule has 2 aliphatic rings. The zero-order chi connectivity index (χ0) is 15.3. The predicted octanol–water partition coefficient (Wildman–Crippen LogP) is 0.891. The summed E-state index contributed by atoms with van der Waals surface area (Å²) < 4.78 is 26.6. The van der Waals surface area contributed by atoms with Crippen molar-refractivity contribution < 1.29 is 18.6 Å². The van der Waals surface area contributed by atoms with Gasteiger partial charge < -0.3 is 10.2 Å². The quantitative estimate of drug-likeness (QED) is 0.869. The fraction of sp³-hybridized carbons (Fsp3) is 0.600. The van der Waals surface area contributed by atoms with Gasteiger partial charge in [-0.1, -0.05) is 17.7 Å². The molecule has 1 heterocycles. The van der Waals surface area contributed by atoms with Crippen molar-refractivity contribution in [2.24, 2.45) is 5.92 Å². The van der Waals surface area contributed by atoms with Crippen LogP contribution in [0.3, 0.4) is 0 Å². The standard InChI is InChI=1S/C15H21NO4S/c1-11-2-6-14(7-3-11)21(19,20)16-9-13(17)8-15(18,10-16)12-4-5-12/h2-3,6-7,12-13,17-18H,4-5,8-10H2,1H3/t13-,15+/m1/s1. The zero-order valence-electron chi connectivity index (χ0n) is 12.1. The Kier molecular flexibility index (Phi) is 3.60. The second kappa shape index (κ2) is 5.05. The molecule has 1 aromatic rings. The molecule has 1 aliphatic heterocycles. The highest BCUT2D eigenvalue weighted by Gasteiger charge is 2.50. The summed E-state index contributed by atoms with van der Waals surface area (Å²) >= 11 is 0. The van der Waals surface area contributed by atoms with Gasteiger partial charge in [-0.3, -0.25) is 0 Å². The predicted molar refractivity (Wildman–Crippen MR) is 78.2 cm³/mol. The highest BCUT2D eigenvalue weighted by Crippen LogP contribution is 2.44. The van der Waals surface area contributed by atoms with Crippen molar-refractivity contribution >= 4 is 10.0 Å². The van der Waals surface area contributed by atoms with E-state index in [0.29, 0.717) is 0 Å². The van der Waals surface area contributed by atoms with Gasteiger partial charge in [0.15, 0.2) is 0 Å². The number of β-amino-alcohol motifs (C(OH)–C–C–N with tert-alkyl or cyclic N) is 2. The van der Waals surface area contributed by atoms with Gasteiger partial charge in [0.2, 0.25) is 10.0 Å². The maximum absolute atomic E-state index is 12.7. The summed E-state index contributed by atoms with van der Waals surface area (Å²) in [5.74, 6) is 0.114. The van der Waals surface area contributed by atoms with Crippen LogP contribution < -0.4 is 0 Å². The number of rotatable bonds is 3. The highest BCUT2D eigenvalue weighted by molar-refractivity contribution is 7.89. The minimum absolute atomic E-state index is 0.0469. The van der Waals surface area contributed by atoms with Crippen molar-refractivity contribution in [3.05, 3.63) is 29.8 Å². The number of hydrogen-bond donors (Lipinski definition) is 2. The Morgan fingerprint density at radius 3 is 2.43 bits per heavy atom. The fourth-order valence-corrected chi connectivity index (χ4v) is 4.64. The SMILES string of the molecule is Cc1ccc(S(=O)(=O)N2C[C@H](O)C[C@@](O)(C3CC3)C2)cc1. The normalized spacial score (nSPS) is 31.3. The fourth-order valence-electron chi connectivity index (χ4n) is 3.10. The molecule has 1 saturated heterocycles. The molecule has 2 atom stereocenters. The molecule has 2 fully saturated rings. The third kappa shape index (κ3) is 2.85. The molecular formula is C15H21NO4S. The minimum Gasteiger partial charge on any atom is -0.392 e. The van der Waals surface area contributed by atoms with Crippen molar-refractivity contribution in [1.82, 2.24) is 4.31 Å². The largest absolute Gasteiger partial charge is 0.392 e. The molecule has 0 aromatic heterocycles. The lowest BCUT2D eigenvalue weighted by Gasteiger charge is -2.41. The summed E-state index contributed by atoms with van der Waals surface area (Å²) in [7, 11) is -3.68. The summed E-state index contributed by atoms with van der Waals surface area (Å²) in [5.41, 5.74) is -0.0998. The maximum atomic E-state index is 12.7. The second-order valence-corrected chi connectivity index (χ2v) is 8.28. The van der Waals surface area contributed by atoms with E-state index in [1.54, 1.807) is 24.3 Å². The van der Waals surface area contributed by atoms with E-state index in [4.69, 9.17) is 0 Å². The monoisotopic (exact) mass is 311 g/mol. The van der Waals surface area contributed by atoms with E-state index in [1.165, 1.54) is 4.31 Å².